The van der Waals surface area contributed by atoms with Crippen LogP contribution in [0.2, 0.25) is 0 Å². The number of nitrogens with two attached hydrogens (primary N) is 1. The van der Waals surface area contributed by atoms with Crippen molar-refractivity contribution < 1.29 is 23.8 Å². The van der Waals surface area contributed by atoms with Crippen LogP contribution in [0, 0.1) is 11.2 Å². The highest BCUT2D eigenvalue weighted by molar-refractivity contribution is 6.01. The quantitative estimate of drug-likeness (QED) is 0.618. The highest BCUT2D eigenvalue weighted by atomic mass is 19.1. The first kappa shape index (κ1) is 15.9. The van der Waals surface area contributed by atoms with Gasteiger partial charge in [-0.25, -0.2) is 4.39 Å². The Hall–Kier alpha value is -2.11. The van der Waals surface area contributed by atoms with Crippen LogP contribution in [0.15, 0.2) is 12.1 Å². The molecule has 3 N–H and O–H groups in total. The number of carboxylic acids is 1. The summed E-state index contributed by atoms with van der Waals surface area (Å²) >= 11 is 0. The molecule has 0 saturated carbocycles. The number of benzene rings is 1. The van der Waals surface area contributed by atoms with Crippen LogP contribution < -0.4 is 10.5 Å². The van der Waals surface area contributed by atoms with Crippen LogP contribution in [-0.2, 0) is 4.79 Å². The van der Waals surface area contributed by atoms with E-state index < -0.39 is 23.0 Å². The molecule has 0 aliphatic heterocycles. The second kappa shape index (κ2) is 5.90. The molecule has 5 nitrogen and oxygen atoms in total. The van der Waals surface area contributed by atoms with Gasteiger partial charge in [0.1, 0.15) is 11.6 Å². The molecule has 1 atom stereocenters. The first-order valence-electron chi connectivity index (χ1n) is 6.14. The van der Waals surface area contributed by atoms with E-state index in [1.54, 1.807) is 6.92 Å². The summed E-state index contributed by atoms with van der Waals surface area (Å²) in [6.07, 6.45) is 0.0480. The molecule has 0 fully saturated rings. The van der Waals surface area contributed by atoms with Gasteiger partial charge >= 0.3 is 5.97 Å². The fourth-order valence-corrected chi connectivity index (χ4v) is 1.76. The number of aliphatic carboxylic acids is 1. The Morgan fingerprint density at radius 2 is 2.05 bits per heavy atom. The van der Waals surface area contributed by atoms with Gasteiger partial charge in [0, 0.05) is 12.5 Å². The molecule has 0 radical (unpaired) electrons. The molecule has 0 spiro atoms. The van der Waals surface area contributed by atoms with E-state index in [-0.39, 0.29) is 29.8 Å². The Bertz CT molecular complexity index is 544. The lowest BCUT2D eigenvalue weighted by molar-refractivity contribution is -0.148. The summed E-state index contributed by atoms with van der Waals surface area (Å²) in [7, 11) is 1.33. The van der Waals surface area contributed by atoms with Crippen molar-refractivity contribution in [3.05, 3.63) is 23.5 Å². The van der Waals surface area contributed by atoms with E-state index in [1.807, 2.05) is 0 Å². The summed E-state index contributed by atoms with van der Waals surface area (Å²) in [6.45, 7) is 3.16. The second-order valence-electron chi connectivity index (χ2n) is 4.89. The molecule has 0 aromatic heterocycles. The number of anilines is 1. The third kappa shape index (κ3) is 3.07. The molecule has 0 aliphatic rings. The van der Waals surface area contributed by atoms with Crippen LogP contribution >= 0.6 is 0 Å². The molecule has 0 heterocycles. The summed E-state index contributed by atoms with van der Waals surface area (Å²) in [4.78, 5) is 23.4. The Balaban J connectivity index is 3.15. The van der Waals surface area contributed by atoms with Gasteiger partial charge in [-0.3, -0.25) is 9.59 Å². The van der Waals surface area contributed by atoms with Gasteiger partial charge in [0.25, 0.3) is 0 Å². The van der Waals surface area contributed by atoms with Crippen LogP contribution in [0.25, 0.3) is 0 Å². The summed E-state index contributed by atoms with van der Waals surface area (Å²) in [5.74, 6) is -2.16. The SMILES string of the molecule is CC[C@@](C)(CC(=O)c1cc(F)c(N)cc1OC)C(=O)O. The predicted octanol–water partition coefficient (Wildman–Crippen LogP) is 2.49. The predicted molar refractivity (Wildman–Crippen MR) is 72.3 cm³/mol. The maximum absolute atomic E-state index is 13.5. The molecule has 0 amide bonds. The molecular weight excluding hydrogens is 265 g/mol. The summed E-state index contributed by atoms with van der Waals surface area (Å²) in [5, 5.41) is 9.18. The van der Waals surface area contributed by atoms with Gasteiger partial charge in [-0.15, -0.1) is 0 Å². The molecule has 0 unspecified atom stereocenters. The van der Waals surface area contributed by atoms with Crippen LogP contribution in [0.1, 0.15) is 37.0 Å². The first-order valence-corrected chi connectivity index (χ1v) is 6.14. The van der Waals surface area contributed by atoms with E-state index in [1.165, 1.54) is 20.1 Å². The van der Waals surface area contributed by atoms with E-state index in [0.29, 0.717) is 0 Å². The maximum atomic E-state index is 13.5. The van der Waals surface area contributed by atoms with Crippen molar-refractivity contribution in [3.63, 3.8) is 0 Å². The van der Waals surface area contributed by atoms with E-state index >= 15 is 0 Å². The number of ketones is 1. The molecule has 6 heteroatoms. The van der Waals surface area contributed by atoms with Crippen molar-refractivity contribution in [2.45, 2.75) is 26.7 Å². The third-order valence-corrected chi connectivity index (χ3v) is 3.47. The van der Waals surface area contributed by atoms with Gasteiger partial charge in [-0.05, 0) is 19.4 Å². The number of halogens is 1. The molecule has 110 valence electrons. The standard InChI is InChI=1S/C14H18FNO4/c1-4-14(2,13(18)19)7-11(17)8-5-9(15)10(16)6-12(8)20-3/h5-6H,4,7,16H2,1-3H3,(H,18,19)/t14-/m0/s1. The number of carboxylic acid groups (broad SMARTS) is 1. The van der Waals surface area contributed by atoms with Crippen molar-refractivity contribution in [1.82, 2.24) is 0 Å². The largest absolute Gasteiger partial charge is 0.496 e. The van der Waals surface area contributed by atoms with Gasteiger partial charge in [-0.2, -0.15) is 0 Å². The van der Waals surface area contributed by atoms with E-state index in [2.05, 4.69) is 0 Å². The number of ether oxygens (including phenoxy) is 1. The first-order chi connectivity index (χ1) is 9.25. The molecule has 0 bridgehead atoms. The lowest BCUT2D eigenvalue weighted by Gasteiger charge is -2.22. The van der Waals surface area contributed by atoms with Gasteiger partial charge in [-0.1, -0.05) is 6.92 Å². The number of methoxy groups -OCH3 is 1. The topological polar surface area (TPSA) is 89.6 Å². The smallest absolute Gasteiger partial charge is 0.309 e. The van der Waals surface area contributed by atoms with Crippen LogP contribution in [0.5, 0.6) is 5.75 Å². The lowest BCUT2D eigenvalue weighted by atomic mass is 9.81. The van der Waals surface area contributed by atoms with Crippen LogP contribution in [-0.4, -0.2) is 24.0 Å². The van der Waals surface area contributed by atoms with E-state index in [4.69, 9.17) is 10.5 Å². The van der Waals surface area contributed by atoms with Gasteiger partial charge in [0.15, 0.2) is 5.78 Å². The number of hydrogen-bond donors (Lipinski definition) is 2. The summed E-state index contributed by atoms with van der Waals surface area (Å²) < 4.78 is 18.5. The minimum atomic E-state index is -1.19. The number of Topliss-reactive ketones (excluding diaryl/α,β-unsaturated/α-hetero) is 1. The zero-order valence-electron chi connectivity index (χ0n) is 11.7. The molecule has 1 aromatic carbocycles. The average Bonchev–Trinajstić information content (AvgIpc) is 2.40. The number of nitrogen functional groups attached to an aromatic ring is 1. The van der Waals surface area contributed by atoms with Crippen molar-refractivity contribution in [1.29, 1.82) is 0 Å². The van der Waals surface area contributed by atoms with Crippen molar-refractivity contribution >= 4 is 17.4 Å². The molecule has 1 aromatic rings. The van der Waals surface area contributed by atoms with Crippen LogP contribution in [0.3, 0.4) is 0 Å². The Kier molecular flexibility index (Phi) is 4.70. The highest BCUT2D eigenvalue weighted by Crippen LogP contribution is 2.32. The summed E-state index contributed by atoms with van der Waals surface area (Å²) in [5.41, 5.74) is 4.08. The van der Waals surface area contributed by atoms with Crippen LogP contribution in [0.4, 0.5) is 10.1 Å². The van der Waals surface area contributed by atoms with E-state index in [9.17, 15) is 19.1 Å². The molecule has 0 aliphatic carbocycles. The Morgan fingerprint density at radius 3 is 2.50 bits per heavy atom. The Labute approximate surface area is 116 Å². The van der Waals surface area contributed by atoms with Gasteiger partial charge < -0.3 is 15.6 Å². The number of hydrogen-bond acceptors (Lipinski definition) is 4. The Morgan fingerprint density at radius 1 is 1.45 bits per heavy atom. The molecular formula is C14H18FNO4. The minimum absolute atomic E-state index is 0.000116. The van der Waals surface area contributed by atoms with Gasteiger partial charge in [0.2, 0.25) is 0 Å². The molecule has 1 rings (SSSR count). The second-order valence-corrected chi connectivity index (χ2v) is 4.89. The third-order valence-electron chi connectivity index (χ3n) is 3.47. The zero-order chi connectivity index (χ0) is 15.5. The minimum Gasteiger partial charge on any atom is -0.496 e. The molecule has 20 heavy (non-hydrogen) atoms. The summed E-state index contributed by atoms with van der Waals surface area (Å²) in [6, 6.07) is 2.20. The zero-order valence-corrected chi connectivity index (χ0v) is 11.7. The monoisotopic (exact) mass is 283 g/mol. The van der Waals surface area contributed by atoms with E-state index in [0.717, 1.165) is 6.07 Å². The number of carbonyl (C=O) groups excluding carboxylic acids is 1. The van der Waals surface area contributed by atoms with Gasteiger partial charge in [0.05, 0.1) is 23.8 Å². The fraction of sp³-hybridized carbons (Fsp3) is 0.429. The van der Waals surface area contributed by atoms with Crippen molar-refractivity contribution in [3.8, 4) is 5.75 Å². The fourth-order valence-electron chi connectivity index (χ4n) is 1.76. The number of rotatable bonds is 6. The lowest BCUT2D eigenvalue weighted by Crippen LogP contribution is -2.29. The maximum Gasteiger partial charge on any atom is 0.309 e. The highest BCUT2D eigenvalue weighted by Gasteiger charge is 2.34. The normalized spacial score (nSPS) is 13.6. The average molecular weight is 283 g/mol. The van der Waals surface area contributed by atoms with Crippen molar-refractivity contribution in [2.24, 2.45) is 5.41 Å². The van der Waals surface area contributed by atoms with Crippen molar-refractivity contribution in [2.75, 3.05) is 12.8 Å². The molecule has 0 saturated heterocycles. The number of carbonyl (C=O) groups is 2.